The van der Waals surface area contributed by atoms with Crippen LogP contribution in [0.1, 0.15) is 200 Å². The Balaban J connectivity index is 2.24. The third kappa shape index (κ3) is 16.2. The van der Waals surface area contributed by atoms with Gasteiger partial charge in [-0.1, -0.05) is 174 Å². The SMILES string of the molecule is CCCCCCCCCCCCCCCCCC(=O)OC(CCCCCCCCCCCCCC)(C(=O)O[C@](O)(CO)[C@H]1OC(=O)C(O)=C1O)[C@](O)(CO)[C@H]1OC(=O)C(O)=C1O. The lowest BCUT2D eigenvalue weighted by atomic mass is 9.74. The van der Waals surface area contributed by atoms with Crippen molar-refractivity contribution in [2.75, 3.05) is 13.2 Å². The van der Waals surface area contributed by atoms with Crippen LogP contribution in [-0.2, 0) is 38.1 Å². The summed E-state index contributed by atoms with van der Waals surface area (Å²) >= 11 is 0. The van der Waals surface area contributed by atoms with Crippen LogP contribution in [0.4, 0.5) is 0 Å². The zero-order chi connectivity index (χ0) is 46.0. The Labute approximate surface area is 367 Å². The summed E-state index contributed by atoms with van der Waals surface area (Å²) in [7, 11) is 0. The molecule has 8 N–H and O–H groups in total. The van der Waals surface area contributed by atoms with Crippen molar-refractivity contribution in [3.8, 4) is 0 Å². The number of aliphatic hydroxyl groups is 8. The molecule has 0 amide bonds. The monoisotopic (exact) mass is 887 g/mol. The van der Waals surface area contributed by atoms with Crippen LogP contribution in [0.3, 0.4) is 0 Å². The number of ether oxygens (including phenoxy) is 4. The van der Waals surface area contributed by atoms with Crippen LogP contribution in [0.15, 0.2) is 23.0 Å². The number of carbonyl (C=O) groups is 4. The van der Waals surface area contributed by atoms with Crippen LogP contribution in [0.5, 0.6) is 0 Å². The van der Waals surface area contributed by atoms with Crippen molar-refractivity contribution in [2.24, 2.45) is 0 Å². The van der Waals surface area contributed by atoms with Crippen molar-refractivity contribution >= 4 is 23.9 Å². The van der Waals surface area contributed by atoms with Crippen molar-refractivity contribution in [3.63, 3.8) is 0 Å². The minimum absolute atomic E-state index is 0.0142. The Morgan fingerprint density at radius 3 is 1.21 bits per heavy atom. The molecule has 358 valence electrons. The summed E-state index contributed by atoms with van der Waals surface area (Å²) in [4.78, 5) is 52.6. The van der Waals surface area contributed by atoms with Gasteiger partial charge in [0, 0.05) is 12.8 Å². The maximum absolute atomic E-state index is 14.5. The fourth-order valence-electron chi connectivity index (χ4n) is 8.14. The van der Waals surface area contributed by atoms with Gasteiger partial charge in [0.05, 0.1) is 6.61 Å². The molecule has 5 atom stereocenters. The number of aliphatic hydroxyl groups excluding tert-OH is 6. The third-order valence-corrected chi connectivity index (χ3v) is 12.1. The van der Waals surface area contributed by atoms with E-state index in [0.29, 0.717) is 25.7 Å². The molecule has 2 aliphatic rings. The smallest absolute Gasteiger partial charge is 0.378 e. The van der Waals surface area contributed by atoms with Gasteiger partial charge in [-0.2, -0.15) is 0 Å². The standard InChI is InChI=1S/C46H78O16/c1-3-5-7-9-11-13-15-17-18-19-20-22-24-26-28-30-34(49)61-45(44(57,32-47)39-35(50)37(52)41(54)59-39,31-29-27-25-23-21-16-14-12-10-8-6-4-2)43(56)62-46(58,33-48)40-36(51)38(53)42(55)60-40/h39-40,47-48,50-53,57-58H,3-33H2,1-2H3/t39-,40-,44-,45?,46+/m0/s1. The maximum atomic E-state index is 14.5. The minimum atomic E-state index is -3.38. The van der Waals surface area contributed by atoms with E-state index in [1.807, 2.05) is 0 Å². The largest absolute Gasteiger partial charge is 0.505 e. The van der Waals surface area contributed by atoms with Crippen LogP contribution < -0.4 is 0 Å². The molecule has 0 saturated heterocycles. The first-order valence-corrected chi connectivity index (χ1v) is 23.5. The molecule has 62 heavy (non-hydrogen) atoms. The molecule has 0 fully saturated rings. The van der Waals surface area contributed by atoms with Crippen LogP contribution in [0, 0.1) is 0 Å². The van der Waals surface area contributed by atoms with E-state index in [4.69, 9.17) is 18.9 Å². The third-order valence-electron chi connectivity index (χ3n) is 12.1. The summed E-state index contributed by atoms with van der Waals surface area (Å²) < 4.78 is 20.7. The zero-order valence-corrected chi connectivity index (χ0v) is 37.4. The van der Waals surface area contributed by atoms with Gasteiger partial charge in [-0.15, -0.1) is 0 Å². The van der Waals surface area contributed by atoms with E-state index in [-0.39, 0.29) is 12.8 Å². The molecule has 0 bridgehead atoms. The van der Waals surface area contributed by atoms with E-state index in [9.17, 15) is 60.0 Å². The average Bonchev–Trinajstić information content (AvgIpc) is 3.68. The molecule has 16 nitrogen and oxygen atoms in total. The maximum Gasteiger partial charge on any atom is 0.378 e. The first-order valence-electron chi connectivity index (χ1n) is 23.5. The molecule has 0 spiro atoms. The number of hydrogen-bond acceptors (Lipinski definition) is 16. The zero-order valence-electron chi connectivity index (χ0n) is 37.4. The van der Waals surface area contributed by atoms with E-state index in [1.165, 1.54) is 77.0 Å². The number of cyclic esters (lactones) is 2. The number of hydrogen-bond donors (Lipinski definition) is 8. The molecule has 2 rings (SSSR count). The molecule has 2 heterocycles. The second-order valence-corrected chi connectivity index (χ2v) is 17.2. The first kappa shape index (κ1) is 54.5. The van der Waals surface area contributed by atoms with E-state index in [0.717, 1.165) is 64.2 Å². The molecule has 0 aliphatic carbocycles. The normalized spacial score (nSPS) is 19.5. The van der Waals surface area contributed by atoms with E-state index in [2.05, 4.69) is 13.8 Å². The van der Waals surface area contributed by atoms with Gasteiger partial charge >= 0.3 is 23.9 Å². The van der Waals surface area contributed by atoms with Crippen LogP contribution >= 0.6 is 0 Å². The lowest BCUT2D eigenvalue weighted by molar-refractivity contribution is -0.288. The summed E-state index contributed by atoms with van der Waals surface area (Å²) in [5, 5.41) is 85.7. The van der Waals surface area contributed by atoms with E-state index in [1.54, 1.807) is 0 Å². The molecular formula is C46H78O16. The van der Waals surface area contributed by atoms with Crippen molar-refractivity contribution in [1.82, 2.24) is 0 Å². The molecule has 0 radical (unpaired) electrons. The molecule has 0 aromatic heterocycles. The lowest BCUT2D eigenvalue weighted by Crippen LogP contribution is -2.71. The van der Waals surface area contributed by atoms with Gasteiger partial charge in [0.2, 0.25) is 23.2 Å². The van der Waals surface area contributed by atoms with Gasteiger partial charge in [-0.05, 0) is 12.8 Å². The summed E-state index contributed by atoms with van der Waals surface area (Å²) in [6, 6.07) is 0. The fourth-order valence-corrected chi connectivity index (χ4v) is 8.14. The summed E-state index contributed by atoms with van der Waals surface area (Å²) in [5.41, 5.74) is -6.46. The first-order chi connectivity index (χ1) is 29.7. The highest BCUT2D eigenvalue weighted by molar-refractivity contribution is 5.91. The number of carbonyl (C=O) groups excluding carboxylic acids is 4. The summed E-state index contributed by atoms with van der Waals surface area (Å²) in [6.07, 6.45) is 21.1. The summed E-state index contributed by atoms with van der Waals surface area (Å²) in [5.74, 6) is -14.7. The second kappa shape index (κ2) is 29.0. The Bertz CT molecular complexity index is 1430. The highest BCUT2D eigenvalue weighted by atomic mass is 16.7. The predicted octanol–water partition coefficient (Wildman–Crippen LogP) is 8.07. The highest BCUT2D eigenvalue weighted by Gasteiger charge is 2.69. The molecular weight excluding hydrogens is 808 g/mol. The van der Waals surface area contributed by atoms with Crippen LogP contribution in [0.2, 0.25) is 0 Å². The molecule has 2 aliphatic heterocycles. The number of rotatable bonds is 37. The molecule has 16 heteroatoms. The Kier molecular flexibility index (Phi) is 25.5. The minimum Gasteiger partial charge on any atom is -0.505 e. The Hall–Kier alpha value is -3.60. The average molecular weight is 887 g/mol. The second-order valence-electron chi connectivity index (χ2n) is 17.2. The van der Waals surface area contributed by atoms with Gasteiger partial charge in [-0.3, -0.25) is 4.79 Å². The van der Waals surface area contributed by atoms with Crippen molar-refractivity contribution in [2.45, 2.75) is 229 Å². The van der Waals surface area contributed by atoms with Gasteiger partial charge in [0.25, 0.3) is 5.79 Å². The van der Waals surface area contributed by atoms with E-state index >= 15 is 0 Å². The van der Waals surface area contributed by atoms with Gasteiger partial charge in [0.15, 0.2) is 23.2 Å². The van der Waals surface area contributed by atoms with Crippen molar-refractivity contribution in [1.29, 1.82) is 0 Å². The van der Waals surface area contributed by atoms with Gasteiger partial charge < -0.3 is 59.8 Å². The van der Waals surface area contributed by atoms with Crippen LogP contribution in [-0.4, -0.2) is 107 Å². The molecule has 0 aromatic carbocycles. The Morgan fingerprint density at radius 2 is 0.871 bits per heavy atom. The number of esters is 4. The van der Waals surface area contributed by atoms with Crippen LogP contribution in [0.25, 0.3) is 0 Å². The summed E-state index contributed by atoms with van der Waals surface area (Å²) in [6.45, 7) is 1.23. The quantitative estimate of drug-likeness (QED) is 0.0127. The Morgan fingerprint density at radius 1 is 0.516 bits per heavy atom. The number of unbranched alkanes of at least 4 members (excludes halogenated alkanes) is 25. The lowest BCUT2D eigenvalue weighted by Gasteiger charge is -2.46. The predicted molar refractivity (Wildman–Crippen MR) is 229 cm³/mol. The van der Waals surface area contributed by atoms with Crippen molar-refractivity contribution in [3.05, 3.63) is 23.0 Å². The van der Waals surface area contributed by atoms with Crippen molar-refractivity contribution < 1.29 is 79.0 Å². The topological polar surface area (TPSA) is 267 Å². The molecule has 0 aromatic rings. The van der Waals surface area contributed by atoms with Gasteiger partial charge in [-0.25, -0.2) is 14.4 Å². The van der Waals surface area contributed by atoms with E-state index < -0.39 is 95.7 Å². The molecule has 1 unspecified atom stereocenters. The highest BCUT2D eigenvalue weighted by Crippen LogP contribution is 2.43. The fraction of sp³-hybridized carbons (Fsp3) is 0.826. The molecule has 0 saturated carbocycles. The van der Waals surface area contributed by atoms with Gasteiger partial charge in [0.1, 0.15) is 6.61 Å².